The maximum absolute atomic E-state index is 11.7. The van der Waals surface area contributed by atoms with Crippen LogP contribution in [0.15, 0.2) is 0 Å². The van der Waals surface area contributed by atoms with Crippen LogP contribution in [0.5, 0.6) is 0 Å². The largest absolute Gasteiger partial charge is 0.479 e. The number of ether oxygens (including phenoxy) is 1. The normalized spacial score (nSPS) is 15.3. The highest BCUT2D eigenvalue weighted by Gasteiger charge is 2.44. The van der Waals surface area contributed by atoms with Crippen LogP contribution in [-0.2, 0) is 14.3 Å². The predicted octanol–water partition coefficient (Wildman–Crippen LogP) is -0.151. The molecule has 0 saturated carbocycles. The zero-order valence-corrected chi connectivity index (χ0v) is 9.95. The van der Waals surface area contributed by atoms with Crippen molar-refractivity contribution in [2.24, 2.45) is 11.5 Å². The fourth-order valence-corrected chi connectivity index (χ4v) is 1.05. The molecule has 0 bridgehead atoms. The molecule has 0 heterocycles. The van der Waals surface area contributed by atoms with E-state index < -0.39 is 23.1 Å². The topological polar surface area (TPSA) is 116 Å². The second-order valence-electron chi connectivity index (χ2n) is 4.67. The lowest BCUT2D eigenvalue weighted by Crippen LogP contribution is -2.57. The van der Waals surface area contributed by atoms with Gasteiger partial charge in [0.1, 0.15) is 5.60 Å². The number of esters is 1. The van der Waals surface area contributed by atoms with Gasteiger partial charge in [-0.1, -0.05) is 0 Å². The van der Waals surface area contributed by atoms with Crippen molar-refractivity contribution in [3.8, 4) is 0 Å². The van der Waals surface area contributed by atoms with E-state index in [1.807, 2.05) is 0 Å². The smallest absolute Gasteiger partial charge is 0.338 e. The van der Waals surface area contributed by atoms with Crippen LogP contribution in [0.25, 0.3) is 0 Å². The summed E-state index contributed by atoms with van der Waals surface area (Å²) in [4.78, 5) is 22.6. The van der Waals surface area contributed by atoms with Crippen LogP contribution in [0, 0.1) is 0 Å². The minimum atomic E-state index is -2.01. The third-order valence-electron chi connectivity index (χ3n) is 1.92. The molecule has 0 rings (SSSR count). The first-order chi connectivity index (χ1) is 7.13. The molecule has 0 aromatic heterocycles. The maximum atomic E-state index is 11.7. The Kier molecular flexibility index (Phi) is 4.89. The first kappa shape index (κ1) is 14.9. The van der Waals surface area contributed by atoms with E-state index in [4.69, 9.17) is 21.3 Å². The van der Waals surface area contributed by atoms with Gasteiger partial charge in [0.05, 0.1) is 0 Å². The minimum Gasteiger partial charge on any atom is -0.479 e. The molecule has 1 atom stereocenters. The number of carboxylic acids is 1. The zero-order valence-electron chi connectivity index (χ0n) is 9.95. The van der Waals surface area contributed by atoms with Crippen LogP contribution in [0.3, 0.4) is 0 Å². The molecule has 0 saturated heterocycles. The van der Waals surface area contributed by atoms with Crippen LogP contribution in [-0.4, -0.2) is 34.7 Å². The number of carbonyl (C=O) groups excluding carboxylic acids is 1. The average molecular weight is 232 g/mol. The van der Waals surface area contributed by atoms with Gasteiger partial charge in [0.15, 0.2) is 0 Å². The van der Waals surface area contributed by atoms with Gasteiger partial charge >= 0.3 is 11.9 Å². The Morgan fingerprint density at radius 1 is 1.31 bits per heavy atom. The van der Waals surface area contributed by atoms with Crippen molar-refractivity contribution in [1.82, 2.24) is 0 Å². The highest BCUT2D eigenvalue weighted by Crippen LogP contribution is 2.17. The molecule has 94 valence electrons. The van der Waals surface area contributed by atoms with Crippen LogP contribution in [0.2, 0.25) is 0 Å². The van der Waals surface area contributed by atoms with E-state index in [1.165, 1.54) is 0 Å². The summed E-state index contributed by atoms with van der Waals surface area (Å²) in [5.41, 5.74) is 8.04. The molecule has 6 nitrogen and oxygen atoms in total. The molecule has 0 fully saturated rings. The molecule has 0 aromatic carbocycles. The summed E-state index contributed by atoms with van der Waals surface area (Å²) in [6.45, 7) is 5.22. The van der Waals surface area contributed by atoms with Gasteiger partial charge in [0.25, 0.3) is 0 Å². The molecule has 0 aromatic rings. The number of rotatable bonds is 5. The van der Waals surface area contributed by atoms with Gasteiger partial charge in [0.2, 0.25) is 5.54 Å². The molecule has 5 N–H and O–H groups in total. The number of carbonyl (C=O) groups is 2. The van der Waals surface area contributed by atoms with Gasteiger partial charge in [-0.15, -0.1) is 0 Å². The standard InChI is InChI=1S/C10H20N2O4/c1-9(2,3)16-8(15)10(12,7(13)14)5-4-6-11/h4-6,11-12H2,1-3H3,(H,13,14)/t10-/m1/s1. The first-order valence-corrected chi connectivity index (χ1v) is 5.09. The van der Waals surface area contributed by atoms with Crippen LogP contribution in [0.4, 0.5) is 0 Å². The van der Waals surface area contributed by atoms with E-state index >= 15 is 0 Å². The lowest BCUT2D eigenvalue weighted by atomic mass is 9.94. The Bertz CT molecular complexity index is 272. The van der Waals surface area contributed by atoms with E-state index in [-0.39, 0.29) is 13.0 Å². The summed E-state index contributed by atoms with van der Waals surface area (Å²) in [5.74, 6) is -2.32. The lowest BCUT2D eigenvalue weighted by molar-refractivity contribution is -0.169. The van der Waals surface area contributed by atoms with Crippen molar-refractivity contribution >= 4 is 11.9 Å². The monoisotopic (exact) mass is 232 g/mol. The molecule has 6 heteroatoms. The van der Waals surface area contributed by atoms with E-state index in [0.29, 0.717) is 6.42 Å². The van der Waals surface area contributed by atoms with Crippen LogP contribution >= 0.6 is 0 Å². The van der Waals surface area contributed by atoms with Crippen molar-refractivity contribution in [3.63, 3.8) is 0 Å². The van der Waals surface area contributed by atoms with Gasteiger partial charge in [-0.2, -0.15) is 0 Å². The molecular formula is C10H20N2O4. The van der Waals surface area contributed by atoms with Gasteiger partial charge in [-0.3, -0.25) is 0 Å². The highest BCUT2D eigenvalue weighted by atomic mass is 16.6. The van der Waals surface area contributed by atoms with Crippen molar-refractivity contribution in [3.05, 3.63) is 0 Å². The summed E-state index contributed by atoms with van der Waals surface area (Å²) in [6.07, 6.45) is 0.315. The summed E-state index contributed by atoms with van der Waals surface area (Å²) >= 11 is 0. The highest BCUT2D eigenvalue weighted by molar-refractivity contribution is 6.03. The number of nitrogens with two attached hydrogens (primary N) is 2. The zero-order chi connectivity index (χ0) is 13.0. The van der Waals surface area contributed by atoms with Crippen LogP contribution in [0.1, 0.15) is 33.6 Å². The second-order valence-corrected chi connectivity index (χ2v) is 4.67. The summed E-state index contributed by atoms with van der Waals surface area (Å²) in [6, 6.07) is 0. The molecular weight excluding hydrogens is 212 g/mol. The minimum absolute atomic E-state index is 0.0340. The van der Waals surface area contributed by atoms with E-state index in [1.54, 1.807) is 20.8 Å². The van der Waals surface area contributed by atoms with Crippen molar-refractivity contribution in [2.75, 3.05) is 6.54 Å². The average Bonchev–Trinajstić information content (AvgIpc) is 2.10. The fourth-order valence-electron chi connectivity index (χ4n) is 1.05. The Hall–Kier alpha value is -1.14. The second kappa shape index (κ2) is 5.27. The van der Waals surface area contributed by atoms with E-state index in [2.05, 4.69) is 0 Å². The van der Waals surface area contributed by atoms with Crippen molar-refractivity contribution in [2.45, 2.75) is 44.8 Å². The van der Waals surface area contributed by atoms with Crippen molar-refractivity contribution < 1.29 is 19.4 Å². The maximum Gasteiger partial charge on any atom is 0.338 e. The number of hydrogen-bond acceptors (Lipinski definition) is 5. The Labute approximate surface area is 94.9 Å². The summed E-state index contributed by atoms with van der Waals surface area (Å²) in [5, 5.41) is 8.96. The molecule has 0 aliphatic rings. The Morgan fingerprint density at radius 2 is 1.81 bits per heavy atom. The summed E-state index contributed by atoms with van der Waals surface area (Å²) < 4.78 is 4.98. The fraction of sp³-hybridized carbons (Fsp3) is 0.800. The van der Waals surface area contributed by atoms with Gasteiger partial charge < -0.3 is 21.3 Å². The van der Waals surface area contributed by atoms with Gasteiger partial charge in [0, 0.05) is 0 Å². The van der Waals surface area contributed by atoms with Crippen LogP contribution < -0.4 is 11.5 Å². The van der Waals surface area contributed by atoms with E-state index in [9.17, 15) is 9.59 Å². The first-order valence-electron chi connectivity index (χ1n) is 5.09. The third-order valence-corrected chi connectivity index (χ3v) is 1.92. The number of aliphatic carboxylic acids is 1. The number of carboxylic acid groups (broad SMARTS) is 1. The molecule has 0 aliphatic carbocycles. The van der Waals surface area contributed by atoms with Gasteiger partial charge in [-0.25, -0.2) is 9.59 Å². The van der Waals surface area contributed by atoms with Gasteiger partial charge in [-0.05, 0) is 40.2 Å². The molecule has 16 heavy (non-hydrogen) atoms. The third kappa shape index (κ3) is 4.16. The Morgan fingerprint density at radius 3 is 2.12 bits per heavy atom. The molecule has 0 spiro atoms. The lowest BCUT2D eigenvalue weighted by Gasteiger charge is -2.27. The Balaban J connectivity index is 4.77. The molecule has 0 amide bonds. The molecule has 0 radical (unpaired) electrons. The molecule has 0 unspecified atom stereocenters. The SMILES string of the molecule is CC(C)(C)OC(=O)[C@@](N)(CCCN)C(=O)O. The predicted molar refractivity (Wildman–Crippen MR) is 58.7 cm³/mol. The van der Waals surface area contributed by atoms with E-state index in [0.717, 1.165) is 0 Å². The number of hydrogen-bond donors (Lipinski definition) is 3. The van der Waals surface area contributed by atoms with Crippen molar-refractivity contribution in [1.29, 1.82) is 0 Å². The molecule has 0 aliphatic heterocycles. The quantitative estimate of drug-likeness (QED) is 0.448. The summed E-state index contributed by atoms with van der Waals surface area (Å²) in [7, 11) is 0.